The molecule has 1 aliphatic carbocycles. The molecule has 0 heterocycles. The maximum atomic E-state index is 12.9. The van der Waals surface area contributed by atoms with E-state index in [1.165, 1.54) is 31.4 Å². The van der Waals surface area contributed by atoms with Crippen molar-refractivity contribution in [3.63, 3.8) is 0 Å². The predicted molar refractivity (Wildman–Crippen MR) is 70.8 cm³/mol. The molecule has 0 spiro atoms. The number of benzene rings is 1. The second-order valence-corrected chi connectivity index (χ2v) is 5.78. The fraction of sp³-hybridized carbons (Fsp3) is 0.600. The van der Waals surface area contributed by atoms with Gasteiger partial charge in [-0.3, -0.25) is 0 Å². The van der Waals surface area contributed by atoms with Gasteiger partial charge in [0.15, 0.2) is 0 Å². The third-order valence-corrected chi connectivity index (χ3v) is 3.90. The van der Waals surface area contributed by atoms with Gasteiger partial charge in [0.05, 0.1) is 5.60 Å². The van der Waals surface area contributed by atoms with Gasteiger partial charge in [0.1, 0.15) is 5.82 Å². The summed E-state index contributed by atoms with van der Waals surface area (Å²) in [4.78, 5) is 0. The van der Waals surface area contributed by atoms with Crippen molar-refractivity contribution in [2.24, 2.45) is 5.92 Å². The van der Waals surface area contributed by atoms with Crippen molar-refractivity contribution in [3.8, 4) is 0 Å². The highest BCUT2D eigenvalue weighted by atomic mass is 19.1. The molecule has 2 N–H and O–H groups in total. The largest absolute Gasteiger partial charge is 0.384 e. The molecule has 2 rings (SSSR count). The van der Waals surface area contributed by atoms with Crippen molar-refractivity contribution in [3.05, 3.63) is 35.6 Å². The molecule has 1 aliphatic rings. The van der Waals surface area contributed by atoms with Crippen LogP contribution in [-0.2, 0) is 5.60 Å². The summed E-state index contributed by atoms with van der Waals surface area (Å²) < 4.78 is 12.9. The second kappa shape index (κ2) is 5.37. The molecule has 0 aromatic heterocycles. The van der Waals surface area contributed by atoms with Crippen LogP contribution in [0.25, 0.3) is 0 Å². The standard InChI is InChI=1S/C15H22FNO/c1-11-3-8-14(9-11)17-10-15(2,18)12-4-6-13(16)7-5-12/h4-7,11,14,17-18H,3,8-10H2,1-2H3. The van der Waals surface area contributed by atoms with Gasteiger partial charge in [-0.1, -0.05) is 19.1 Å². The molecule has 1 saturated carbocycles. The lowest BCUT2D eigenvalue weighted by molar-refractivity contribution is 0.0538. The smallest absolute Gasteiger partial charge is 0.123 e. The Hall–Kier alpha value is -0.930. The van der Waals surface area contributed by atoms with Crippen LogP contribution < -0.4 is 5.32 Å². The van der Waals surface area contributed by atoms with E-state index in [4.69, 9.17) is 0 Å². The van der Waals surface area contributed by atoms with Crippen molar-refractivity contribution in [2.75, 3.05) is 6.54 Å². The van der Waals surface area contributed by atoms with Crippen molar-refractivity contribution in [1.29, 1.82) is 0 Å². The Morgan fingerprint density at radius 2 is 2.00 bits per heavy atom. The highest BCUT2D eigenvalue weighted by molar-refractivity contribution is 5.22. The van der Waals surface area contributed by atoms with Crippen molar-refractivity contribution in [2.45, 2.75) is 44.8 Å². The molecule has 1 aromatic carbocycles. The average Bonchev–Trinajstić information content (AvgIpc) is 2.73. The molecule has 3 unspecified atom stereocenters. The lowest BCUT2D eigenvalue weighted by atomic mass is 9.95. The van der Waals surface area contributed by atoms with E-state index in [-0.39, 0.29) is 5.82 Å². The van der Waals surface area contributed by atoms with E-state index in [0.717, 1.165) is 11.5 Å². The minimum Gasteiger partial charge on any atom is -0.384 e. The minimum atomic E-state index is -0.945. The van der Waals surface area contributed by atoms with Crippen molar-refractivity contribution < 1.29 is 9.50 Å². The quantitative estimate of drug-likeness (QED) is 0.862. The van der Waals surface area contributed by atoms with Gasteiger partial charge in [0.2, 0.25) is 0 Å². The van der Waals surface area contributed by atoms with Gasteiger partial charge >= 0.3 is 0 Å². The van der Waals surface area contributed by atoms with Crippen LogP contribution in [-0.4, -0.2) is 17.7 Å². The van der Waals surface area contributed by atoms with Gasteiger partial charge in [-0.15, -0.1) is 0 Å². The first kappa shape index (κ1) is 13.5. The summed E-state index contributed by atoms with van der Waals surface area (Å²) in [5.74, 6) is 0.505. The van der Waals surface area contributed by atoms with Gasteiger partial charge in [0.25, 0.3) is 0 Å². The normalized spacial score (nSPS) is 27.1. The minimum absolute atomic E-state index is 0.271. The summed E-state index contributed by atoms with van der Waals surface area (Å²) in [6, 6.07) is 6.58. The SMILES string of the molecule is CC1CCC(NCC(C)(O)c2ccc(F)cc2)C1. The number of hydrogen-bond donors (Lipinski definition) is 2. The highest BCUT2D eigenvalue weighted by Crippen LogP contribution is 2.26. The first-order valence-corrected chi connectivity index (χ1v) is 6.69. The number of halogens is 1. The monoisotopic (exact) mass is 251 g/mol. The summed E-state index contributed by atoms with van der Waals surface area (Å²) in [6.45, 7) is 4.54. The Kier molecular flexibility index (Phi) is 4.03. The molecule has 100 valence electrons. The number of nitrogens with one attached hydrogen (secondary N) is 1. The van der Waals surface area contributed by atoms with Crippen LogP contribution >= 0.6 is 0 Å². The zero-order valence-corrected chi connectivity index (χ0v) is 11.1. The van der Waals surface area contributed by atoms with E-state index in [9.17, 15) is 9.50 Å². The van der Waals surface area contributed by atoms with E-state index in [1.807, 2.05) is 0 Å². The van der Waals surface area contributed by atoms with Crippen LogP contribution in [0.2, 0.25) is 0 Å². The third kappa shape index (κ3) is 3.30. The molecule has 0 amide bonds. The molecule has 1 aromatic rings. The van der Waals surface area contributed by atoms with Crippen LogP contribution in [0.3, 0.4) is 0 Å². The Bertz CT molecular complexity index is 388. The second-order valence-electron chi connectivity index (χ2n) is 5.78. The fourth-order valence-electron chi connectivity index (χ4n) is 2.65. The number of rotatable bonds is 4. The van der Waals surface area contributed by atoms with Crippen LogP contribution in [0.5, 0.6) is 0 Å². The molecule has 3 heteroatoms. The van der Waals surface area contributed by atoms with E-state index in [1.54, 1.807) is 19.1 Å². The molecule has 0 bridgehead atoms. The van der Waals surface area contributed by atoms with E-state index >= 15 is 0 Å². The van der Waals surface area contributed by atoms with Crippen LogP contribution in [0.1, 0.15) is 38.7 Å². The van der Waals surface area contributed by atoms with Gasteiger partial charge in [-0.05, 0) is 49.8 Å². The number of aliphatic hydroxyl groups is 1. The molecule has 2 nitrogen and oxygen atoms in total. The first-order chi connectivity index (χ1) is 8.47. The molecule has 0 radical (unpaired) electrons. The lowest BCUT2D eigenvalue weighted by Gasteiger charge is -2.26. The van der Waals surface area contributed by atoms with E-state index in [0.29, 0.717) is 12.6 Å². The topological polar surface area (TPSA) is 32.3 Å². The van der Waals surface area contributed by atoms with Crippen LogP contribution in [0.4, 0.5) is 4.39 Å². The summed E-state index contributed by atoms with van der Waals surface area (Å²) in [7, 11) is 0. The average molecular weight is 251 g/mol. The van der Waals surface area contributed by atoms with Crippen molar-refractivity contribution >= 4 is 0 Å². The molecule has 3 atom stereocenters. The summed E-state index contributed by atoms with van der Waals surface area (Å²) >= 11 is 0. The van der Waals surface area contributed by atoms with E-state index < -0.39 is 5.60 Å². The van der Waals surface area contributed by atoms with Crippen LogP contribution in [0.15, 0.2) is 24.3 Å². The highest BCUT2D eigenvalue weighted by Gasteiger charge is 2.27. The summed E-state index contributed by atoms with van der Waals surface area (Å²) in [6.07, 6.45) is 3.62. The first-order valence-electron chi connectivity index (χ1n) is 6.69. The molecule has 18 heavy (non-hydrogen) atoms. The van der Waals surface area contributed by atoms with Gasteiger partial charge < -0.3 is 10.4 Å². The zero-order chi connectivity index (χ0) is 13.2. The zero-order valence-electron chi connectivity index (χ0n) is 11.1. The Morgan fingerprint density at radius 3 is 2.56 bits per heavy atom. The molecular formula is C15H22FNO. The maximum Gasteiger partial charge on any atom is 0.123 e. The van der Waals surface area contributed by atoms with Gasteiger partial charge in [-0.25, -0.2) is 4.39 Å². The van der Waals surface area contributed by atoms with Crippen LogP contribution in [0, 0.1) is 11.7 Å². The molecule has 1 fully saturated rings. The summed E-state index contributed by atoms with van der Waals surface area (Å²) in [5, 5.41) is 13.8. The predicted octanol–water partition coefficient (Wildman–Crippen LogP) is 2.81. The molecular weight excluding hydrogens is 229 g/mol. The van der Waals surface area contributed by atoms with Gasteiger partial charge in [-0.2, -0.15) is 0 Å². The molecule has 0 saturated heterocycles. The third-order valence-electron chi connectivity index (χ3n) is 3.90. The molecule has 0 aliphatic heterocycles. The number of hydrogen-bond acceptors (Lipinski definition) is 2. The Labute approximate surface area is 108 Å². The Morgan fingerprint density at radius 1 is 1.33 bits per heavy atom. The Balaban J connectivity index is 1.92. The lowest BCUT2D eigenvalue weighted by Crippen LogP contribution is -2.39. The van der Waals surface area contributed by atoms with E-state index in [2.05, 4.69) is 12.2 Å². The summed E-state index contributed by atoms with van der Waals surface area (Å²) in [5.41, 5.74) is -0.193. The fourth-order valence-corrected chi connectivity index (χ4v) is 2.65. The van der Waals surface area contributed by atoms with Crippen molar-refractivity contribution in [1.82, 2.24) is 5.32 Å². The van der Waals surface area contributed by atoms with Gasteiger partial charge in [0, 0.05) is 12.6 Å². The maximum absolute atomic E-state index is 12.9.